The lowest BCUT2D eigenvalue weighted by atomic mass is 9.96. The van der Waals surface area contributed by atoms with Crippen molar-refractivity contribution >= 4 is 5.69 Å². The number of nitrogens with zero attached hydrogens (tertiary/aromatic N) is 1. The molecule has 128 valence electrons. The first-order chi connectivity index (χ1) is 11.2. The van der Waals surface area contributed by atoms with Crippen molar-refractivity contribution in [2.45, 2.75) is 51.7 Å². The number of rotatable bonds is 6. The second-order valence-electron chi connectivity index (χ2n) is 7.23. The van der Waals surface area contributed by atoms with Crippen LogP contribution in [0.2, 0.25) is 0 Å². The predicted molar refractivity (Wildman–Crippen MR) is 94.7 cm³/mol. The SMILES string of the molecule is COc1ccc(N2CCNC(CC(C)C)C2)cc1OC1CCC1. The molecule has 2 aliphatic rings. The summed E-state index contributed by atoms with van der Waals surface area (Å²) in [5.74, 6) is 2.46. The Hall–Kier alpha value is -1.42. The standard InChI is InChI=1S/C19H30N2O2/c1-14(2)11-15-13-21(10-9-20-15)16-7-8-18(22-3)19(12-16)23-17-5-4-6-17/h7-8,12,14-15,17,20H,4-6,9-11,13H2,1-3H3. The molecule has 0 radical (unpaired) electrons. The van der Waals surface area contributed by atoms with E-state index in [1.165, 1.54) is 18.5 Å². The number of anilines is 1. The molecular formula is C19H30N2O2. The molecular weight excluding hydrogens is 288 g/mol. The van der Waals surface area contributed by atoms with Gasteiger partial charge in [0.2, 0.25) is 0 Å². The van der Waals surface area contributed by atoms with Crippen molar-refractivity contribution in [3.63, 3.8) is 0 Å². The Morgan fingerprint density at radius 3 is 2.74 bits per heavy atom. The van der Waals surface area contributed by atoms with Gasteiger partial charge in [-0.05, 0) is 43.7 Å². The number of piperazine rings is 1. The van der Waals surface area contributed by atoms with Crippen LogP contribution in [0.15, 0.2) is 18.2 Å². The van der Waals surface area contributed by atoms with Crippen molar-refractivity contribution in [1.29, 1.82) is 0 Å². The maximum atomic E-state index is 6.13. The minimum absolute atomic E-state index is 0.371. The van der Waals surface area contributed by atoms with Crippen LogP contribution >= 0.6 is 0 Å². The average molecular weight is 318 g/mol. The summed E-state index contributed by atoms with van der Waals surface area (Å²) >= 11 is 0. The first-order valence-corrected chi connectivity index (χ1v) is 8.98. The molecule has 2 fully saturated rings. The first kappa shape index (κ1) is 16.4. The fourth-order valence-electron chi connectivity index (χ4n) is 3.41. The van der Waals surface area contributed by atoms with Crippen LogP contribution in [0.1, 0.15) is 39.5 Å². The third-order valence-corrected chi connectivity index (χ3v) is 4.87. The quantitative estimate of drug-likeness (QED) is 0.871. The predicted octanol–water partition coefficient (Wildman–Crippen LogP) is 3.45. The maximum Gasteiger partial charge on any atom is 0.163 e. The monoisotopic (exact) mass is 318 g/mol. The third kappa shape index (κ3) is 4.11. The summed E-state index contributed by atoms with van der Waals surface area (Å²) < 4.78 is 11.6. The van der Waals surface area contributed by atoms with Crippen LogP contribution in [-0.2, 0) is 0 Å². The zero-order valence-electron chi connectivity index (χ0n) is 14.7. The van der Waals surface area contributed by atoms with Crippen molar-refractivity contribution in [1.82, 2.24) is 5.32 Å². The van der Waals surface area contributed by atoms with Gasteiger partial charge in [0.15, 0.2) is 11.5 Å². The van der Waals surface area contributed by atoms with Crippen LogP contribution in [0.25, 0.3) is 0 Å². The smallest absolute Gasteiger partial charge is 0.163 e. The Morgan fingerprint density at radius 2 is 2.09 bits per heavy atom. The van der Waals surface area contributed by atoms with Gasteiger partial charge < -0.3 is 19.7 Å². The Morgan fingerprint density at radius 1 is 1.26 bits per heavy atom. The van der Waals surface area contributed by atoms with E-state index in [2.05, 4.69) is 36.2 Å². The molecule has 1 saturated carbocycles. The van der Waals surface area contributed by atoms with E-state index in [1.54, 1.807) is 7.11 Å². The van der Waals surface area contributed by atoms with E-state index >= 15 is 0 Å². The van der Waals surface area contributed by atoms with Crippen molar-refractivity contribution < 1.29 is 9.47 Å². The first-order valence-electron chi connectivity index (χ1n) is 8.98. The van der Waals surface area contributed by atoms with Gasteiger partial charge in [-0.25, -0.2) is 0 Å². The zero-order valence-corrected chi connectivity index (χ0v) is 14.7. The molecule has 1 saturated heterocycles. The van der Waals surface area contributed by atoms with Gasteiger partial charge in [0.05, 0.1) is 13.2 Å². The lowest BCUT2D eigenvalue weighted by Crippen LogP contribution is -2.51. The fourth-order valence-corrected chi connectivity index (χ4v) is 3.41. The van der Waals surface area contributed by atoms with Gasteiger partial charge >= 0.3 is 0 Å². The molecule has 1 aliphatic carbocycles. The van der Waals surface area contributed by atoms with Crippen molar-refractivity contribution in [3.05, 3.63) is 18.2 Å². The van der Waals surface area contributed by atoms with E-state index in [1.807, 2.05) is 6.07 Å². The summed E-state index contributed by atoms with van der Waals surface area (Å²) in [6.07, 6.45) is 5.20. The lowest BCUT2D eigenvalue weighted by Gasteiger charge is -2.36. The second kappa shape index (κ2) is 7.43. The molecule has 0 amide bonds. The molecule has 4 heteroatoms. The number of benzene rings is 1. The van der Waals surface area contributed by atoms with Gasteiger partial charge in [-0.2, -0.15) is 0 Å². The summed E-state index contributed by atoms with van der Waals surface area (Å²) in [5.41, 5.74) is 1.25. The lowest BCUT2D eigenvalue weighted by molar-refractivity contribution is 0.116. The number of methoxy groups -OCH3 is 1. The second-order valence-corrected chi connectivity index (χ2v) is 7.23. The Bertz CT molecular complexity index is 514. The van der Waals surface area contributed by atoms with Crippen LogP contribution in [0.4, 0.5) is 5.69 Å². The summed E-state index contributed by atoms with van der Waals surface area (Å²) in [6, 6.07) is 6.93. The van der Waals surface area contributed by atoms with Crippen LogP contribution < -0.4 is 19.7 Å². The van der Waals surface area contributed by atoms with E-state index in [0.717, 1.165) is 49.9 Å². The molecule has 1 heterocycles. The highest BCUT2D eigenvalue weighted by molar-refractivity contribution is 5.57. The molecule has 1 aromatic rings. The van der Waals surface area contributed by atoms with E-state index in [4.69, 9.17) is 9.47 Å². The van der Waals surface area contributed by atoms with Gasteiger partial charge in [-0.15, -0.1) is 0 Å². The highest BCUT2D eigenvalue weighted by Gasteiger charge is 2.23. The Balaban J connectivity index is 1.72. The van der Waals surface area contributed by atoms with E-state index in [-0.39, 0.29) is 0 Å². The average Bonchev–Trinajstić information content (AvgIpc) is 2.50. The number of hydrogen-bond acceptors (Lipinski definition) is 4. The third-order valence-electron chi connectivity index (χ3n) is 4.87. The van der Waals surface area contributed by atoms with Crippen molar-refractivity contribution in [2.75, 3.05) is 31.6 Å². The molecule has 0 aromatic heterocycles. The van der Waals surface area contributed by atoms with E-state index in [9.17, 15) is 0 Å². The summed E-state index contributed by atoms with van der Waals surface area (Å²) in [6.45, 7) is 7.73. The van der Waals surface area contributed by atoms with E-state index in [0.29, 0.717) is 12.1 Å². The topological polar surface area (TPSA) is 33.7 Å². The van der Waals surface area contributed by atoms with Crippen molar-refractivity contribution in [2.24, 2.45) is 5.92 Å². The summed E-state index contributed by atoms with van der Waals surface area (Å²) in [4.78, 5) is 2.47. The highest BCUT2D eigenvalue weighted by atomic mass is 16.5. The fraction of sp³-hybridized carbons (Fsp3) is 0.684. The summed E-state index contributed by atoms with van der Waals surface area (Å²) in [5, 5.41) is 3.64. The van der Waals surface area contributed by atoms with Crippen molar-refractivity contribution in [3.8, 4) is 11.5 Å². The molecule has 0 spiro atoms. The van der Waals surface area contributed by atoms with E-state index < -0.39 is 0 Å². The minimum atomic E-state index is 0.371. The van der Waals surface area contributed by atoms with Crippen LogP contribution in [0.5, 0.6) is 11.5 Å². The van der Waals surface area contributed by atoms with Gasteiger partial charge in [-0.1, -0.05) is 13.8 Å². The molecule has 23 heavy (non-hydrogen) atoms. The molecule has 1 unspecified atom stereocenters. The van der Waals surface area contributed by atoms with Gasteiger partial charge in [0.25, 0.3) is 0 Å². The van der Waals surface area contributed by atoms with Gasteiger partial charge in [-0.3, -0.25) is 0 Å². The molecule has 3 rings (SSSR count). The maximum absolute atomic E-state index is 6.13. The van der Waals surface area contributed by atoms with Gasteiger partial charge in [0, 0.05) is 37.4 Å². The minimum Gasteiger partial charge on any atom is -0.493 e. The zero-order chi connectivity index (χ0) is 16.2. The Labute approximate surface area is 140 Å². The van der Waals surface area contributed by atoms with Crippen LogP contribution in [0.3, 0.4) is 0 Å². The summed E-state index contributed by atoms with van der Waals surface area (Å²) in [7, 11) is 1.71. The normalized spacial score (nSPS) is 22.1. The number of ether oxygens (including phenoxy) is 2. The highest BCUT2D eigenvalue weighted by Crippen LogP contribution is 2.35. The molecule has 1 atom stereocenters. The largest absolute Gasteiger partial charge is 0.493 e. The van der Waals surface area contributed by atoms with Crippen LogP contribution in [0, 0.1) is 5.92 Å². The molecule has 1 N–H and O–H groups in total. The Kier molecular flexibility index (Phi) is 5.31. The van der Waals surface area contributed by atoms with Gasteiger partial charge in [0.1, 0.15) is 0 Å². The molecule has 0 bridgehead atoms. The number of hydrogen-bond donors (Lipinski definition) is 1. The molecule has 4 nitrogen and oxygen atoms in total. The molecule has 1 aliphatic heterocycles. The van der Waals surface area contributed by atoms with Crippen LogP contribution in [-0.4, -0.2) is 38.9 Å². The number of nitrogens with one attached hydrogen (secondary N) is 1. The molecule has 1 aromatic carbocycles.